The molecule has 3 rings (SSSR count). The highest BCUT2D eigenvalue weighted by atomic mass is 32.2. The number of nitrogens with zero attached hydrogens (tertiary/aromatic N) is 3. The Hall–Kier alpha value is -2.25. The third-order valence-corrected chi connectivity index (χ3v) is 8.16. The highest BCUT2D eigenvalue weighted by Crippen LogP contribution is 2.32. The maximum absolute atomic E-state index is 13.4. The third kappa shape index (κ3) is 3.44. The maximum atomic E-state index is 13.4. The standard InChI is InChI=1S/C21H27N3O3S/c1-14-15(2)17(4)20(18(5)16(14)3)28(26,27)24-12-10-23(11-13-24)21(25)19-6-8-22-9-7-19/h6-9H,10-13H2,1-5H3. The van der Waals surface area contributed by atoms with Crippen LogP contribution in [-0.4, -0.2) is 54.7 Å². The van der Waals surface area contributed by atoms with Crippen molar-refractivity contribution >= 4 is 15.9 Å². The molecule has 0 bridgehead atoms. The Balaban J connectivity index is 1.84. The van der Waals surface area contributed by atoms with Crippen molar-refractivity contribution in [2.24, 2.45) is 0 Å². The minimum Gasteiger partial charge on any atom is -0.336 e. The predicted molar refractivity (Wildman–Crippen MR) is 109 cm³/mol. The molecule has 28 heavy (non-hydrogen) atoms. The second kappa shape index (κ2) is 7.64. The lowest BCUT2D eigenvalue weighted by Gasteiger charge is -2.35. The van der Waals surface area contributed by atoms with Gasteiger partial charge in [0.15, 0.2) is 0 Å². The van der Waals surface area contributed by atoms with E-state index in [1.54, 1.807) is 29.4 Å². The number of pyridine rings is 1. The normalized spacial score (nSPS) is 15.7. The second-order valence-corrected chi connectivity index (χ2v) is 9.26. The van der Waals surface area contributed by atoms with Gasteiger partial charge in [0, 0.05) is 44.1 Å². The molecule has 7 heteroatoms. The largest absolute Gasteiger partial charge is 0.336 e. The van der Waals surface area contributed by atoms with Crippen molar-refractivity contribution in [1.29, 1.82) is 0 Å². The van der Waals surface area contributed by atoms with Crippen molar-refractivity contribution in [2.75, 3.05) is 26.2 Å². The summed E-state index contributed by atoms with van der Waals surface area (Å²) in [5, 5.41) is 0. The van der Waals surface area contributed by atoms with Crippen LogP contribution in [0.1, 0.15) is 38.2 Å². The third-order valence-electron chi connectivity index (χ3n) is 5.98. The van der Waals surface area contributed by atoms with Gasteiger partial charge in [0.1, 0.15) is 0 Å². The Bertz CT molecular complexity index is 980. The molecule has 0 radical (unpaired) electrons. The Kier molecular flexibility index (Phi) is 5.59. The van der Waals surface area contributed by atoms with Crippen LogP contribution in [0.2, 0.25) is 0 Å². The summed E-state index contributed by atoms with van der Waals surface area (Å²) in [4.78, 5) is 18.6. The van der Waals surface area contributed by atoms with Crippen LogP contribution in [0.25, 0.3) is 0 Å². The number of amides is 1. The fraction of sp³-hybridized carbons (Fsp3) is 0.429. The molecule has 0 spiro atoms. The molecule has 1 aromatic carbocycles. The van der Waals surface area contributed by atoms with Crippen LogP contribution in [0.5, 0.6) is 0 Å². The topological polar surface area (TPSA) is 70.6 Å². The van der Waals surface area contributed by atoms with Gasteiger partial charge in [-0.2, -0.15) is 4.31 Å². The van der Waals surface area contributed by atoms with E-state index in [1.165, 1.54) is 4.31 Å². The van der Waals surface area contributed by atoms with Gasteiger partial charge in [0.2, 0.25) is 10.0 Å². The Morgan fingerprint density at radius 1 is 0.821 bits per heavy atom. The number of carbonyl (C=O) groups is 1. The monoisotopic (exact) mass is 401 g/mol. The summed E-state index contributed by atoms with van der Waals surface area (Å²) in [6, 6.07) is 3.35. The lowest BCUT2D eigenvalue weighted by Crippen LogP contribution is -2.50. The smallest absolute Gasteiger partial charge is 0.254 e. The van der Waals surface area contributed by atoms with Crippen molar-refractivity contribution in [2.45, 2.75) is 39.5 Å². The minimum atomic E-state index is -3.61. The highest BCUT2D eigenvalue weighted by molar-refractivity contribution is 7.89. The highest BCUT2D eigenvalue weighted by Gasteiger charge is 2.33. The van der Waals surface area contributed by atoms with Crippen molar-refractivity contribution in [3.8, 4) is 0 Å². The molecule has 6 nitrogen and oxygen atoms in total. The molecule has 0 N–H and O–H groups in total. The molecule has 1 fully saturated rings. The average Bonchev–Trinajstić information content (AvgIpc) is 2.71. The molecule has 150 valence electrons. The van der Waals surface area contributed by atoms with Gasteiger partial charge in [-0.3, -0.25) is 9.78 Å². The van der Waals surface area contributed by atoms with Crippen LogP contribution in [0, 0.1) is 34.6 Å². The fourth-order valence-electron chi connectivity index (χ4n) is 3.79. The molecule has 0 unspecified atom stereocenters. The number of hydrogen-bond acceptors (Lipinski definition) is 4. The fourth-order valence-corrected chi connectivity index (χ4v) is 5.77. The van der Waals surface area contributed by atoms with Gasteiger partial charge in [-0.25, -0.2) is 8.42 Å². The van der Waals surface area contributed by atoms with E-state index in [1.807, 2.05) is 34.6 Å². The van der Waals surface area contributed by atoms with E-state index in [4.69, 9.17) is 0 Å². The van der Waals surface area contributed by atoms with E-state index in [-0.39, 0.29) is 5.91 Å². The van der Waals surface area contributed by atoms with Crippen LogP contribution >= 0.6 is 0 Å². The van der Waals surface area contributed by atoms with Gasteiger partial charge in [-0.1, -0.05) is 0 Å². The van der Waals surface area contributed by atoms with Gasteiger partial charge in [0.05, 0.1) is 4.90 Å². The molecule has 1 amide bonds. The summed E-state index contributed by atoms with van der Waals surface area (Å²) in [7, 11) is -3.61. The Morgan fingerprint density at radius 3 is 1.79 bits per heavy atom. The zero-order valence-corrected chi connectivity index (χ0v) is 17.9. The molecule has 0 atom stereocenters. The van der Waals surface area contributed by atoms with Crippen molar-refractivity contribution < 1.29 is 13.2 Å². The SMILES string of the molecule is Cc1c(C)c(C)c(S(=O)(=O)N2CCN(C(=O)c3ccncc3)CC2)c(C)c1C. The molecule has 1 saturated heterocycles. The number of piperazine rings is 1. The number of rotatable bonds is 3. The van der Waals surface area contributed by atoms with Gasteiger partial charge in [0.25, 0.3) is 5.91 Å². The first-order chi connectivity index (χ1) is 13.2. The van der Waals surface area contributed by atoms with Crippen LogP contribution in [0.3, 0.4) is 0 Å². The molecule has 2 aromatic rings. The predicted octanol–water partition coefficient (Wildman–Crippen LogP) is 2.77. The molecule has 1 aromatic heterocycles. The van der Waals surface area contributed by atoms with Gasteiger partial charge >= 0.3 is 0 Å². The van der Waals surface area contributed by atoms with E-state index < -0.39 is 10.0 Å². The molecule has 0 saturated carbocycles. The van der Waals surface area contributed by atoms with E-state index in [0.29, 0.717) is 36.6 Å². The van der Waals surface area contributed by atoms with Crippen molar-refractivity contribution in [3.05, 3.63) is 57.9 Å². The molecule has 1 aliphatic heterocycles. The lowest BCUT2D eigenvalue weighted by molar-refractivity contribution is 0.0697. The number of benzene rings is 1. The summed E-state index contributed by atoms with van der Waals surface area (Å²) < 4.78 is 28.3. The van der Waals surface area contributed by atoms with Crippen LogP contribution < -0.4 is 0 Å². The average molecular weight is 402 g/mol. The van der Waals surface area contributed by atoms with Gasteiger partial charge in [-0.05, 0) is 74.6 Å². The zero-order chi connectivity index (χ0) is 20.6. The maximum Gasteiger partial charge on any atom is 0.254 e. The molecular weight excluding hydrogens is 374 g/mol. The van der Waals surface area contributed by atoms with Gasteiger partial charge in [-0.15, -0.1) is 0 Å². The first kappa shape index (κ1) is 20.5. The first-order valence-corrected chi connectivity index (χ1v) is 10.9. The number of sulfonamides is 1. The summed E-state index contributed by atoms with van der Waals surface area (Å²) in [5.41, 5.74) is 5.39. The minimum absolute atomic E-state index is 0.0890. The van der Waals surface area contributed by atoms with Crippen molar-refractivity contribution in [1.82, 2.24) is 14.2 Å². The van der Waals surface area contributed by atoms with Crippen LogP contribution in [0.15, 0.2) is 29.4 Å². The number of aromatic nitrogens is 1. The Morgan fingerprint density at radius 2 is 1.29 bits per heavy atom. The summed E-state index contributed by atoms with van der Waals surface area (Å²) in [5.74, 6) is -0.0890. The van der Waals surface area contributed by atoms with E-state index in [0.717, 1.165) is 27.8 Å². The molecule has 2 heterocycles. The van der Waals surface area contributed by atoms with E-state index >= 15 is 0 Å². The molecule has 1 aliphatic rings. The molecule has 0 aliphatic carbocycles. The van der Waals surface area contributed by atoms with Crippen LogP contribution in [-0.2, 0) is 10.0 Å². The Labute approximate surface area is 167 Å². The summed E-state index contributed by atoms with van der Waals surface area (Å²) in [6.07, 6.45) is 3.17. The van der Waals surface area contributed by atoms with E-state index in [9.17, 15) is 13.2 Å². The van der Waals surface area contributed by atoms with Crippen LogP contribution in [0.4, 0.5) is 0 Å². The first-order valence-electron chi connectivity index (χ1n) is 9.42. The second-order valence-electron chi connectivity index (χ2n) is 7.39. The summed E-state index contributed by atoms with van der Waals surface area (Å²) >= 11 is 0. The van der Waals surface area contributed by atoms with Gasteiger partial charge < -0.3 is 4.90 Å². The number of hydrogen-bond donors (Lipinski definition) is 0. The van der Waals surface area contributed by atoms with E-state index in [2.05, 4.69) is 4.98 Å². The molecular formula is C21H27N3O3S. The quantitative estimate of drug-likeness (QED) is 0.793. The van der Waals surface area contributed by atoms with Crippen molar-refractivity contribution in [3.63, 3.8) is 0 Å². The summed E-state index contributed by atoms with van der Waals surface area (Å²) in [6.45, 7) is 11.1. The number of carbonyl (C=O) groups excluding carboxylic acids is 1. The lowest BCUT2D eigenvalue weighted by atomic mass is 9.95. The zero-order valence-electron chi connectivity index (χ0n) is 17.1.